The molecule has 3 rings (SSSR count). The second-order valence-corrected chi connectivity index (χ2v) is 11.4. The Balaban J connectivity index is 2.05. The first-order valence-electron chi connectivity index (χ1n) is 10.5. The van der Waals surface area contributed by atoms with E-state index in [1.807, 2.05) is 40.7 Å². The van der Waals surface area contributed by atoms with Crippen LogP contribution in [0, 0.1) is 5.41 Å². The molecule has 4 N–H and O–H groups in total. The molecule has 184 valence electrons. The number of carbonyl (C=O) groups excluding carboxylic acids is 1. The largest absolute Gasteiger partial charge is 0.505 e. The number of aliphatic imine (C=N–C) groups is 1. The van der Waals surface area contributed by atoms with Crippen LogP contribution in [0.25, 0.3) is 0 Å². The third-order valence-electron chi connectivity index (χ3n) is 5.15. The fraction of sp³-hybridized carbons (Fsp3) is 0.409. The van der Waals surface area contributed by atoms with Crippen LogP contribution >= 0.6 is 15.9 Å². The summed E-state index contributed by atoms with van der Waals surface area (Å²) in [6.07, 6.45) is 1.67. The highest BCUT2D eigenvalue weighted by atomic mass is 79.9. The van der Waals surface area contributed by atoms with Crippen LogP contribution in [-0.2, 0) is 10.2 Å². The quantitative estimate of drug-likeness (QED) is 0.410. The molecule has 34 heavy (non-hydrogen) atoms. The second-order valence-electron chi connectivity index (χ2n) is 9.22. The average molecular weight is 554 g/mol. The predicted octanol–water partition coefficient (Wildman–Crippen LogP) is 4.08. The number of amidine groups is 2. The van der Waals surface area contributed by atoms with Gasteiger partial charge in [0, 0.05) is 11.5 Å². The topological polar surface area (TPSA) is 145 Å². The van der Waals surface area contributed by atoms with Crippen LogP contribution in [0.3, 0.4) is 0 Å². The molecule has 1 atom stereocenters. The zero-order valence-electron chi connectivity index (χ0n) is 19.7. The maximum Gasteiger partial charge on any atom is 0.345 e. The van der Waals surface area contributed by atoms with E-state index in [0.717, 1.165) is 5.56 Å². The Bertz CT molecular complexity index is 1280. The van der Waals surface area contributed by atoms with Gasteiger partial charge in [-0.3, -0.25) is 9.79 Å². The Morgan fingerprint density at radius 1 is 1.29 bits per heavy atom. The maximum absolute atomic E-state index is 12.3. The van der Waals surface area contributed by atoms with Gasteiger partial charge in [0.1, 0.15) is 11.8 Å². The lowest BCUT2D eigenvalue weighted by molar-refractivity contribution is 0.0959. The number of benzene rings is 1. The number of carbonyl (C=O) groups is 1. The van der Waals surface area contributed by atoms with Crippen molar-refractivity contribution in [2.45, 2.75) is 46.6 Å². The van der Waals surface area contributed by atoms with Crippen LogP contribution in [0.15, 0.2) is 42.7 Å². The monoisotopic (exact) mass is 553 g/mol. The zero-order valence-corrected chi connectivity index (χ0v) is 22.1. The molecule has 0 saturated heterocycles. The van der Waals surface area contributed by atoms with E-state index in [2.05, 4.69) is 40.7 Å². The van der Waals surface area contributed by atoms with Crippen molar-refractivity contribution in [2.24, 2.45) is 14.8 Å². The Morgan fingerprint density at radius 2 is 1.97 bits per heavy atom. The number of nitrogens with one attached hydrogen (secondary N) is 3. The fourth-order valence-corrected chi connectivity index (χ4v) is 4.60. The first-order chi connectivity index (χ1) is 15.7. The highest BCUT2D eigenvalue weighted by Gasteiger charge is 2.34. The molecule has 2 aromatic rings. The van der Waals surface area contributed by atoms with E-state index in [1.165, 1.54) is 13.1 Å². The zero-order chi connectivity index (χ0) is 25.4. The van der Waals surface area contributed by atoms with Crippen molar-refractivity contribution in [3.8, 4) is 5.75 Å². The lowest BCUT2D eigenvalue weighted by Crippen LogP contribution is -2.32. The van der Waals surface area contributed by atoms with Crippen molar-refractivity contribution >= 4 is 49.4 Å². The van der Waals surface area contributed by atoms with E-state index in [-0.39, 0.29) is 34.6 Å². The Labute approximate surface area is 207 Å². The van der Waals surface area contributed by atoms with Crippen LogP contribution in [0.2, 0.25) is 0 Å². The number of nitrogens with zero attached hydrogens (tertiary/aromatic N) is 2. The van der Waals surface area contributed by atoms with Gasteiger partial charge in [-0.05, 0) is 51.0 Å². The van der Waals surface area contributed by atoms with E-state index in [9.17, 15) is 18.3 Å². The maximum atomic E-state index is 12.3. The van der Waals surface area contributed by atoms with Crippen molar-refractivity contribution in [3.63, 3.8) is 0 Å². The van der Waals surface area contributed by atoms with Gasteiger partial charge >= 0.3 is 10.2 Å². The van der Waals surface area contributed by atoms with Gasteiger partial charge in [0.05, 0.1) is 17.5 Å². The molecule has 10 nitrogen and oxygen atoms in total. The van der Waals surface area contributed by atoms with E-state index >= 15 is 0 Å². The van der Waals surface area contributed by atoms with E-state index in [4.69, 9.17) is 4.42 Å². The summed E-state index contributed by atoms with van der Waals surface area (Å²) in [7, 11) is -2.62. The normalized spacial score (nSPS) is 17.4. The van der Waals surface area contributed by atoms with E-state index < -0.39 is 27.6 Å². The van der Waals surface area contributed by atoms with Crippen molar-refractivity contribution in [1.82, 2.24) is 10.0 Å². The Hall–Kier alpha value is -2.86. The van der Waals surface area contributed by atoms with Gasteiger partial charge in [-0.15, -0.1) is 4.40 Å². The molecule has 12 heteroatoms. The summed E-state index contributed by atoms with van der Waals surface area (Å²) < 4.78 is 36.8. The number of halogens is 1. The average Bonchev–Trinajstić information content (AvgIpc) is 3.31. The van der Waals surface area contributed by atoms with Gasteiger partial charge < -0.3 is 20.2 Å². The lowest BCUT2D eigenvalue weighted by atomic mass is 9.85. The van der Waals surface area contributed by atoms with Gasteiger partial charge in [-0.25, -0.2) is 4.72 Å². The Morgan fingerprint density at radius 3 is 2.53 bits per heavy atom. The predicted molar refractivity (Wildman–Crippen MR) is 135 cm³/mol. The Kier molecular flexibility index (Phi) is 7.13. The summed E-state index contributed by atoms with van der Waals surface area (Å²) in [5.74, 6) is -0.212. The summed E-state index contributed by atoms with van der Waals surface area (Å²) in [6.45, 7) is 9.98. The molecule has 1 aliphatic rings. The van der Waals surface area contributed by atoms with Crippen molar-refractivity contribution in [1.29, 1.82) is 0 Å². The van der Waals surface area contributed by atoms with E-state index in [0.29, 0.717) is 10.2 Å². The SMILES string of the molecule is CNC(=O)c1c(Br)ccc(NC2=NS(=O)(=O)NC2=NC(c2cc(C(C)C)co2)C(C)(C)C)c1O. The number of phenols is 1. The highest BCUT2D eigenvalue weighted by molar-refractivity contribution is 9.10. The molecule has 2 heterocycles. The lowest BCUT2D eigenvalue weighted by Gasteiger charge is -2.26. The third-order valence-corrected chi connectivity index (χ3v) is 6.69. The highest BCUT2D eigenvalue weighted by Crippen LogP contribution is 2.39. The van der Waals surface area contributed by atoms with Gasteiger partial charge in [0.2, 0.25) is 0 Å². The molecule has 1 unspecified atom stereocenters. The van der Waals surface area contributed by atoms with Crippen LogP contribution in [0.5, 0.6) is 5.75 Å². The van der Waals surface area contributed by atoms with Crippen LogP contribution < -0.4 is 15.4 Å². The summed E-state index contributed by atoms with van der Waals surface area (Å²) in [6, 6.07) is 4.41. The second kappa shape index (κ2) is 9.41. The number of aromatic hydroxyl groups is 1. The smallest absolute Gasteiger partial charge is 0.345 e. The molecule has 1 amide bonds. The van der Waals surface area contributed by atoms with E-state index in [1.54, 1.807) is 12.3 Å². The minimum atomic E-state index is -4.05. The van der Waals surface area contributed by atoms with Crippen LogP contribution in [0.1, 0.15) is 68.3 Å². The first-order valence-corrected chi connectivity index (χ1v) is 12.8. The molecule has 1 aliphatic heterocycles. The first kappa shape index (κ1) is 25.8. The summed E-state index contributed by atoms with van der Waals surface area (Å²) in [5, 5.41) is 15.9. The molecule has 0 bridgehead atoms. The van der Waals surface area contributed by atoms with Crippen LogP contribution in [0.4, 0.5) is 5.69 Å². The minimum Gasteiger partial charge on any atom is -0.505 e. The molecule has 0 saturated carbocycles. The number of hydrogen-bond donors (Lipinski definition) is 4. The third kappa shape index (κ3) is 5.44. The van der Waals surface area contributed by atoms with Gasteiger partial charge in [-0.1, -0.05) is 34.6 Å². The molecule has 0 fully saturated rings. The molecule has 0 spiro atoms. The van der Waals surface area contributed by atoms with Crippen molar-refractivity contribution in [3.05, 3.63) is 45.8 Å². The number of amides is 1. The molecule has 1 aromatic carbocycles. The minimum absolute atomic E-state index is 0.00947. The van der Waals surface area contributed by atoms with Crippen LogP contribution in [-0.4, -0.2) is 38.2 Å². The van der Waals surface area contributed by atoms with Crippen molar-refractivity contribution in [2.75, 3.05) is 12.4 Å². The number of phenolic OH excluding ortho intramolecular Hbond substituents is 1. The number of hydrogen-bond acceptors (Lipinski definition) is 7. The van der Waals surface area contributed by atoms with Gasteiger partial charge in [0.25, 0.3) is 5.91 Å². The molecule has 0 aliphatic carbocycles. The van der Waals surface area contributed by atoms with Gasteiger partial charge in [0.15, 0.2) is 17.4 Å². The standard InChI is InChI=1S/C22H28BrN5O5S/c1-11(2)12-9-15(33-10-12)18(22(3,4)5)26-20-19(27-34(31,32)28-20)25-14-8-7-13(23)16(17(14)29)21(30)24-6/h7-11,18,29H,1-6H3,(H,24,30)(H,25,27)(H,26,28). The number of furan rings is 1. The fourth-order valence-electron chi connectivity index (χ4n) is 3.29. The van der Waals surface area contributed by atoms with Crippen molar-refractivity contribution < 1.29 is 22.7 Å². The number of rotatable bonds is 5. The number of anilines is 1. The summed E-state index contributed by atoms with van der Waals surface area (Å²) in [5.41, 5.74) is 0.652. The summed E-state index contributed by atoms with van der Waals surface area (Å²) in [4.78, 5) is 16.8. The summed E-state index contributed by atoms with van der Waals surface area (Å²) >= 11 is 3.24. The van der Waals surface area contributed by atoms with Gasteiger partial charge in [-0.2, -0.15) is 8.42 Å². The molecular formula is C22H28BrN5O5S. The molecule has 0 radical (unpaired) electrons. The molecule has 1 aromatic heterocycles. The molecular weight excluding hydrogens is 526 g/mol.